The quantitative estimate of drug-likeness (QED) is 0.725. The highest BCUT2D eigenvalue weighted by Crippen LogP contribution is 2.25. The fraction of sp³-hybridized carbons (Fsp3) is 0.0714. The number of aryl methyl sites for hydroxylation is 1. The van der Waals surface area contributed by atoms with Gasteiger partial charge in [-0.2, -0.15) is 5.26 Å². The number of hydrogen-bond donors (Lipinski definition) is 0. The third kappa shape index (κ3) is 2.85. The van der Waals surface area contributed by atoms with E-state index in [9.17, 15) is 5.26 Å². The van der Waals surface area contributed by atoms with Gasteiger partial charge >= 0.3 is 0 Å². The van der Waals surface area contributed by atoms with Crippen molar-refractivity contribution in [3.63, 3.8) is 0 Å². The summed E-state index contributed by atoms with van der Waals surface area (Å²) in [6.45, 7) is 2.05. The Morgan fingerprint density at radius 1 is 1.41 bits per heavy atom. The van der Waals surface area contributed by atoms with Crippen LogP contribution >= 0.6 is 27.3 Å². The van der Waals surface area contributed by atoms with Gasteiger partial charge in [0.1, 0.15) is 0 Å². The highest BCUT2D eigenvalue weighted by Gasteiger charge is 2.03. The van der Waals surface area contributed by atoms with Gasteiger partial charge in [0.2, 0.25) is 0 Å². The molecule has 1 nitrogen and oxygen atoms in total. The summed E-state index contributed by atoms with van der Waals surface area (Å²) >= 11 is 5.07. The molecule has 0 aliphatic rings. The number of halogens is 1. The van der Waals surface area contributed by atoms with Gasteiger partial charge in [0.05, 0.1) is 11.6 Å². The van der Waals surface area contributed by atoms with Crippen molar-refractivity contribution >= 4 is 38.9 Å². The number of nitriles is 1. The summed E-state index contributed by atoms with van der Waals surface area (Å²) in [6, 6.07) is 12.1. The van der Waals surface area contributed by atoms with E-state index in [0.717, 1.165) is 14.9 Å². The fourth-order valence-corrected chi connectivity index (χ4v) is 2.76. The molecule has 0 saturated heterocycles. The molecule has 0 spiro atoms. The van der Waals surface area contributed by atoms with Gasteiger partial charge < -0.3 is 0 Å². The van der Waals surface area contributed by atoms with Crippen LogP contribution in [0.1, 0.15) is 16.0 Å². The van der Waals surface area contributed by atoms with E-state index in [0.29, 0.717) is 5.57 Å². The molecule has 1 aromatic carbocycles. The number of hydrogen-bond acceptors (Lipinski definition) is 2. The van der Waals surface area contributed by atoms with Crippen LogP contribution in [0.25, 0.3) is 11.6 Å². The molecule has 0 N–H and O–H groups in total. The van der Waals surface area contributed by atoms with Crippen molar-refractivity contribution in [3.05, 3.63) is 56.2 Å². The maximum Gasteiger partial charge on any atom is 0.0998 e. The first-order valence-electron chi connectivity index (χ1n) is 5.12. The van der Waals surface area contributed by atoms with E-state index >= 15 is 0 Å². The summed E-state index contributed by atoms with van der Waals surface area (Å²) in [5, 5.41) is 11.3. The van der Waals surface area contributed by atoms with Crippen LogP contribution in [0.15, 0.2) is 40.2 Å². The van der Waals surface area contributed by atoms with Gasteiger partial charge in [-0.3, -0.25) is 0 Å². The Kier molecular flexibility index (Phi) is 3.78. The molecular formula is C14H10BrNS. The number of thiophene rings is 1. The second kappa shape index (κ2) is 5.31. The monoisotopic (exact) mass is 303 g/mol. The van der Waals surface area contributed by atoms with Crippen LogP contribution < -0.4 is 0 Å². The van der Waals surface area contributed by atoms with E-state index in [-0.39, 0.29) is 0 Å². The normalized spacial score (nSPS) is 11.2. The smallest absolute Gasteiger partial charge is 0.0998 e. The lowest BCUT2D eigenvalue weighted by Crippen LogP contribution is -1.81. The van der Waals surface area contributed by atoms with Gasteiger partial charge in [0, 0.05) is 9.35 Å². The highest BCUT2D eigenvalue weighted by molar-refractivity contribution is 9.10. The van der Waals surface area contributed by atoms with Crippen molar-refractivity contribution in [2.75, 3.05) is 0 Å². The lowest BCUT2D eigenvalue weighted by atomic mass is 10.1. The molecule has 0 saturated carbocycles. The van der Waals surface area contributed by atoms with Crippen LogP contribution in [0.5, 0.6) is 0 Å². The van der Waals surface area contributed by atoms with Gasteiger partial charge in [-0.05, 0) is 47.7 Å². The summed E-state index contributed by atoms with van der Waals surface area (Å²) < 4.78 is 0.985. The predicted molar refractivity (Wildman–Crippen MR) is 76.7 cm³/mol. The molecule has 2 aromatic rings. The van der Waals surface area contributed by atoms with Gasteiger partial charge in [-0.15, -0.1) is 11.3 Å². The zero-order chi connectivity index (χ0) is 12.3. The highest BCUT2D eigenvalue weighted by atomic mass is 79.9. The molecule has 0 bridgehead atoms. The molecule has 84 valence electrons. The molecule has 0 fully saturated rings. The van der Waals surface area contributed by atoms with Crippen molar-refractivity contribution in [1.82, 2.24) is 0 Å². The van der Waals surface area contributed by atoms with Gasteiger partial charge in [-0.1, -0.05) is 28.1 Å². The van der Waals surface area contributed by atoms with Crippen LogP contribution in [-0.4, -0.2) is 0 Å². The second-order valence-corrected chi connectivity index (χ2v) is 5.51. The molecular weight excluding hydrogens is 294 g/mol. The predicted octanol–water partition coefficient (Wildman–Crippen LogP) is 4.88. The van der Waals surface area contributed by atoms with Crippen LogP contribution in [0.2, 0.25) is 0 Å². The first-order valence-corrected chi connectivity index (χ1v) is 6.80. The van der Waals surface area contributed by atoms with Crippen LogP contribution in [0.3, 0.4) is 0 Å². The van der Waals surface area contributed by atoms with E-state index in [2.05, 4.69) is 35.0 Å². The largest absolute Gasteiger partial charge is 0.192 e. The third-order valence-electron chi connectivity index (χ3n) is 2.43. The van der Waals surface area contributed by atoms with Crippen molar-refractivity contribution in [2.24, 2.45) is 0 Å². The summed E-state index contributed by atoms with van der Waals surface area (Å²) in [5.41, 5.74) is 2.84. The minimum absolute atomic E-state index is 0.692. The number of allylic oxidation sites excluding steroid dienone is 1. The first-order chi connectivity index (χ1) is 8.20. The molecule has 0 aliphatic heterocycles. The molecule has 0 aliphatic carbocycles. The van der Waals surface area contributed by atoms with Crippen LogP contribution in [0, 0.1) is 18.3 Å². The minimum Gasteiger partial charge on any atom is -0.192 e. The van der Waals surface area contributed by atoms with E-state index in [1.54, 1.807) is 11.3 Å². The van der Waals surface area contributed by atoms with Crippen molar-refractivity contribution in [1.29, 1.82) is 5.26 Å². The Hall–Kier alpha value is -1.37. The first kappa shape index (κ1) is 12.1. The lowest BCUT2D eigenvalue weighted by Gasteiger charge is -2.00. The summed E-state index contributed by atoms with van der Waals surface area (Å²) in [7, 11) is 0. The Labute approximate surface area is 113 Å². The van der Waals surface area contributed by atoms with Crippen molar-refractivity contribution in [2.45, 2.75) is 6.92 Å². The SMILES string of the molecule is Cc1ccsc1/C=C(\C#N)c1cccc(Br)c1. The maximum atomic E-state index is 9.23. The van der Waals surface area contributed by atoms with Crippen molar-refractivity contribution < 1.29 is 0 Å². The number of rotatable bonds is 2. The third-order valence-corrected chi connectivity index (χ3v) is 3.89. The Bertz CT molecular complexity index is 605. The molecule has 1 aromatic heterocycles. The topological polar surface area (TPSA) is 23.8 Å². The fourth-order valence-electron chi connectivity index (χ4n) is 1.50. The van der Waals surface area contributed by atoms with E-state index < -0.39 is 0 Å². The van der Waals surface area contributed by atoms with Gasteiger partial charge in [0.25, 0.3) is 0 Å². The molecule has 0 amide bonds. The Morgan fingerprint density at radius 2 is 2.24 bits per heavy atom. The van der Waals surface area contributed by atoms with Crippen LogP contribution in [-0.2, 0) is 0 Å². The lowest BCUT2D eigenvalue weighted by molar-refractivity contribution is 1.51. The Morgan fingerprint density at radius 3 is 2.82 bits per heavy atom. The van der Waals surface area contributed by atoms with E-state index in [4.69, 9.17) is 0 Å². The molecule has 0 unspecified atom stereocenters. The average Bonchev–Trinajstić information content (AvgIpc) is 2.71. The van der Waals surface area contributed by atoms with Crippen LogP contribution in [0.4, 0.5) is 0 Å². The average molecular weight is 304 g/mol. The van der Waals surface area contributed by atoms with E-state index in [1.807, 2.05) is 35.7 Å². The van der Waals surface area contributed by atoms with Crippen molar-refractivity contribution in [3.8, 4) is 6.07 Å². The zero-order valence-corrected chi connectivity index (χ0v) is 11.7. The summed E-state index contributed by atoms with van der Waals surface area (Å²) in [4.78, 5) is 1.14. The van der Waals surface area contributed by atoms with Gasteiger partial charge in [0.15, 0.2) is 0 Å². The molecule has 2 rings (SSSR count). The zero-order valence-electron chi connectivity index (χ0n) is 9.27. The molecule has 3 heteroatoms. The standard InChI is InChI=1S/C14H10BrNS/c1-10-5-6-17-14(10)8-12(9-16)11-3-2-4-13(15)7-11/h2-8H,1H3/b12-8+. The molecule has 0 atom stereocenters. The maximum absolute atomic E-state index is 9.23. The van der Waals surface area contributed by atoms with Gasteiger partial charge in [-0.25, -0.2) is 0 Å². The summed E-state index contributed by atoms with van der Waals surface area (Å²) in [6.07, 6.45) is 1.95. The number of nitrogens with zero attached hydrogens (tertiary/aromatic N) is 1. The minimum atomic E-state index is 0.692. The molecule has 17 heavy (non-hydrogen) atoms. The summed E-state index contributed by atoms with van der Waals surface area (Å²) in [5.74, 6) is 0. The number of benzene rings is 1. The second-order valence-electron chi connectivity index (χ2n) is 3.65. The molecule has 1 heterocycles. The molecule has 0 radical (unpaired) electrons. The van der Waals surface area contributed by atoms with E-state index in [1.165, 1.54) is 5.56 Å². The Balaban J connectivity index is 2.45.